The van der Waals surface area contributed by atoms with Crippen molar-refractivity contribution < 1.29 is 17.9 Å². The number of nitrogens with zero attached hydrogens (tertiary/aromatic N) is 2. The maximum absolute atomic E-state index is 13.5. The van der Waals surface area contributed by atoms with E-state index in [4.69, 9.17) is 4.74 Å². The molecule has 0 N–H and O–H groups in total. The van der Waals surface area contributed by atoms with Gasteiger partial charge in [0, 0.05) is 36.7 Å². The molecule has 4 rings (SSSR count). The predicted octanol–water partition coefficient (Wildman–Crippen LogP) is 4.05. The molecule has 0 aliphatic carbocycles. The standard InChI is InChI=1S/C23H30N2O4S2/c1-18-9-10-19(15-22(18)31(27,28)25-11-3-2-4-12-25)23(26)24(16-20-7-5-13-29-20)17-21-8-6-14-30-21/h6,8-10,14-15,20H,2-5,7,11-13,16-17H2,1H3. The minimum absolute atomic E-state index is 0.0333. The van der Waals surface area contributed by atoms with Crippen molar-refractivity contribution in [1.29, 1.82) is 0 Å². The second-order valence-electron chi connectivity index (χ2n) is 8.35. The van der Waals surface area contributed by atoms with Crippen LogP contribution in [0.1, 0.15) is 52.9 Å². The van der Waals surface area contributed by atoms with Crippen molar-refractivity contribution in [2.45, 2.75) is 56.6 Å². The van der Waals surface area contributed by atoms with Gasteiger partial charge in [0.2, 0.25) is 10.0 Å². The van der Waals surface area contributed by atoms with E-state index in [9.17, 15) is 13.2 Å². The lowest BCUT2D eigenvalue weighted by Gasteiger charge is -2.27. The summed E-state index contributed by atoms with van der Waals surface area (Å²) in [6, 6.07) is 9.05. The molecule has 2 aliphatic rings. The first-order valence-electron chi connectivity index (χ1n) is 11.0. The Bertz CT molecular complexity index is 993. The Balaban J connectivity index is 1.61. The van der Waals surface area contributed by atoms with Crippen molar-refractivity contribution in [2.24, 2.45) is 0 Å². The minimum atomic E-state index is -3.61. The maximum atomic E-state index is 13.5. The maximum Gasteiger partial charge on any atom is 0.254 e. The summed E-state index contributed by atoms with van der Waals surface area (Å²) in [4.78, 5) is 16.6. The van der Waals surface area contributed by atoms with Crippen LogP contribution in [0.15, 0.2) is 40.6 Å². The number of benzene rings is 1. The van der Waals surface area contributed by atoms with Gasteiger partial charge in [-0.15, -0.1) is 11.3 Å². The van der Waals surface area contributed by atoms with Crippen molar-refractivity contribution in [3.05, 3.63) is 51.7 Å². The zero-order chi connectivity index (χ0) is 21.8. The normalized spacial score (nSPS) is 20.1. The Morgan fingerprint density at radius 3 is 2.68 bits per heavy atom. The highest BCUT2D eigenvalue weighted by Crippen LogP contribution is 2.26. The Kier molecular flexibility index (Phi) is 7.11. The molecule has 1 atom stereocenters. The molecule has 2 fully saturated rings. The average Bonchev–Trinajstić information content (AvgIpc) is 3.48. The number of carbonyl (C=O) groups is 1. The van der Waals surface area contributed by atoms with Crippen LogP contribution in [0.2, 0.25) is 0 Å². The van der Waals surface area contributed by atoms with E-state index in [0.717, 1.165) is 43.6 Å². The Morgan fingerprint density at radius 1 is 1.19 bits per heavy atom. The number of carbonyl (C=O) groups excluding carboxylic acids is 1. The van der Waals surface area contributed by atoms with Crippen LogP contribution in [0.3, 0.4) is 0 Å². The van der Waals surface area contributed by atoms with Gasteiger partial charge in [-0.2, -0.15) is 4.31 Å². The minimum Gasteiger partial charge on any atom is -0.376 e. The highest BCUT2D eigenvalue weighted by atomic mass is 32.2. The Labute approximate surface area is 188 Å². The van der Waals surface area contributed by atoms with E-state index in [0.29, 0.717) is 37.3 Å². The summed E-state index contributed by atoms with van der Waals surface area (Å²) in [6.45, 7) is 4.62. The first kappa shape index (κ1) is 22.5. The molecule has 1 aromatic carbocycles. The number of aryl methyl sites for hydroxylation is 1. The summed E-state index contributed by atoms with van der Waals surface area (Å²) in [5.74, 6) is -0.154. The second-order valence-corrected chi connectivity index (χ2v) is 11.3. The molecule has 0 spiro atoms. The average molecular weight is 463 g/mol. The molecular weight excluding hydrogens is 432 g/mol. The van der Waals surface area contributed by atoms with Crippen LogP contribution in [0.25, 0.3) is 0 Å². The molecule has 8 heteroatoms. The van der Waals surface area contributed by atoms with Gasteiger partial charge in [0.15, 0.2) is 0 Å². The highest BCUT2D eigenvalue weighted by molar-refractivity contribution is 7.89. The highest BCUT2D eigenvalue weighted by Gasteiger charge is 2.29. The van der Waals surface area contributed by atoms with Crippen LogP contribution in [0.5, 0.6) is 0 Å². The Morgan fingerprint density at radius 2 is 2.00 bits per heavy atom. The molecule has 1 aromatic heterocycles. The number of amides is 1. The number of hydrogen-bond donors (Lipinski definition) is 0. The number of hydrogen-bond acceptors (Lipinski definition) is 5. The molecule has 2 saturated heterocycles. The van der Waals surface area contributed by atoms with Gasteiger partial charge in [-0.3, -0.25) is 4.79 Å². The van der Waals surface area contributed by atoms with Gasteiger partial charge in [-0.25, -0.2) is 8.42 Å². The molecule has 2 aromatic rings. The van der Waals surface area contributed by atoms with Crippen LogP contribution in [0.4, 0.5) is 0 Å². The molecular formula is C23H30N2O4S2. The fourth-order valence-corrected chi connectivity index (χ4v) is 6.77. The summed E-state index contributed by atoms with van der Waals surface area (Å²) < 4.78 is 33.9. The molecule has 0 radical (unpaired) electrons. The third-order valence-corrected chi connectivity index (χ3v) is 8.93. The van der Waals surface area contributed by atoms with E-state index in [1.54, 1.807) is 45.7 Å². The summed E-state index contributed by atoms with van der Waals surface area (Å²) in [5.41, 5.74) is 1.08. The predicted molar refractivity (Wildman–Crippen MR) is 122 cm³/mol. The summed E-state index contributed by atoms with van der Waals surface area (Å²) in [5, 5.41) is 2.00. The topological polar surface area (TPSA) is 66.9 Å². The molecule has 0 bridgehead atoms. The lowest BCUT2D eigenvalue weighted by atomic mass is 10.1. The van der Waals surface area contributed by atoms with Crippen molar-refractivity contribution >= 4 is 27.3 Å². The summed E-state index contributed by atoms with van der Waals surface area (Å²) in [6.07, 6.45) is 4.81. The molecule has 0 saturated carbocycles. The fraction of sp³-hybridized carbons (Fsp3) is 0.522. The SMILES string of the molecule is Cc1ccc(C(=O)N(Cc2cccs2)CC2CCCO2)cc1S(=O)(=O)N1CCCCC1. The third-order valence-electron chi connectivity index (χ3n) is 6.03. The number of piperidine rings is 1. The van der Waals surface area contributed by atoms with Crippen molar-refractivity contribution in [2.75, 3.05) is 26.2 Å². The number of sulfonamides is 1. The van der Waals surface area contributed by atoms with E-state index in [1.165, 1.54) is 0 Å². The first-order chi connectivity index (χ1) is 14.9. The second kappa shape index (κ2) is 9.81. The van der Waals surface area contributed by atoms with E-state index >= 15 is 0 Å². The molecule has 31 heavy (non-hydrogen) atoms. The van der Waals surface area contributed by atoms with Crippen LogP contribution in [-0.4, -0.2) is 55.9 Å². The van der Waals surface area contributed by atoms with Crippen molar-refractivity contribution in [3.8, 4) is 0 Å². The van der Waals surface area contributed by atoms with Crippen molar-refractivity contribution in [1.82, 2.24) is 9.21 Å². The van der Waals surface area contributed by atoms with Gasteiger partial charge < -0.3 is 9.64 Å². The van der Waals surface area contributed by atoms with Crippen molar-refractivity contribution in [3.63, 3.8) is 0 Å². The van der Waals surface area contributed by atoms with E-state index in [1.807, 2.05) is 17.5 Å². The number of thiophene rings is 1. The molecule has 2 aliphatic heterocycles. The van der Waals surface area contributed by atoms with E-state index in [2.05, 4.69) is 0 Å². The monoisotopic (exact) mass is 462 g/mol. The largest absolute Gasteiger partial charge is 0.376 e. The molecule has 6 nitrogen and oxygen atoms in total. The smallest absolute Gasteiger partial charge is 0.254 e. The summed E-state index contributed by atoms with van der Waals surface area (Å²) >= 11 is 1.61. The van der Waals surface area contributed by atoms with Gasteiger partial charge in [0.25, 0.3) is 5.91 Å². The van der Waals surface area contributed by atoms with Gasteiger partial charge >= 0.3 is 0 Å². The van der Waals surface area contributed by atoms with E-state index < -0.39 is 10.0 Å². The molecule has 1 amide bonds. The quantitative estimate of drug-likeness (QED) is 0.623. The van der Waals surface area contributed by atoms with Crippen LogP contribution in [0, 0.1) is 6.92 Å². The van der Waals surface area contributed by atoms with Gasteiger partial charge in [0.1, 0.15) is 0 Å². The first-order valence-corrected chi connectivity index (χ1v) is 13.3. The fourth-order valence-electron chi connectivity index (χ4n) is 4.28. The lowest BCUT2D eigenvalue weighted by molar-refractivity contribution is 0.0509. The van der Waals surface area contributed by atoms with Crippen LogP contribution < -0.4 is 0 Å². The third kappa shape index (κ3) is 5.19. The van der Waals surface area contributed by atoms with E-state index in [-0.39, 0.29) is 16.9 Å². The van der Waals surface area contributed by atoms with Gasteiger partial charge in [-0.05, 0) is 61.7 Å². The molecule has 3 heterocycles. The Hall–Kier alpha value is -1.74. The molecule has 168 valence electrons. The van der Waals surface area contributed by atoms with Gasteiger partial charge in [0.05, 0.1) is 17.5 Å². The molecule has 1 unspecified atom stereocenters. The van der Waals surface area contributed by atoms with Crippen LogP contribution >= 0.6 is 11.3 Å². The van der Waals surface area contributed by atoms with Gasteiger partial charge in [-0.1, -0.05) is 18.6 Å². The number of ether oxygens (including phenoxy) is 1. The number of rotatable bonds is 7. The summed E-state index contributed by atoms with van der Waals surface area (Å²) in [7, 11) is -3.61. The lowest BCUT2D eigenvalue weighted by Crippen LogP contribution is -2.37. The zero-order valence-corrected chi connectivity index (χ0v) is 19.6. The van der Waals surface area contributed by atoms with Crippen LogP contribution in [-0.2, 0) is 21.3 Å². The zero-order valence-electron chi connectivity index (χ0n) is 18.0.